The molecule has 4 aliphatic rings. The highest BCUT2D eigenvalue weighted by molar-refractivity contribution is 8.01. The van der Waals surface area contributed by atoms with Crippen LogP contribution in [0.15, 0.2) is 28.9 Å². The van der Waals surface area contributed by atoms with Gasteiger partial charge in [-0.15, -0.1) is 24.2 Å². The van der Waals surface area contributed by atoms with Gasteiger partial charge in [-0.2, -0.15) is 0 Å². The third-order valence-electron chi connectivity index (χ3n) is 6.07. The van der Waals surface area contributed by atoms with Crippen LogP contribution in [0.2, 0.25) is 0 Å². The van der Waals surface area contributed by atoms with Crippen LogP contribution in [0.4, 0.5) is 0 Å². The maximum Gasteiger partial charge on any atom is 0.224 e. The number of nitrogens with one attached hydrogen (secondary N) is 1. The number of carbonyl (C=O) groups excluding carboxylic acids is 1. The second kappa shape index (κ2) is 7.65. The van der Waals surface area contributed by atoms with Crippen molar-refractivity contribution in [1.29, 1.82) is 0 Å². The predicted octanol–water partition coefficient (Wildman–Crippen LogP) is 4.14. The Kier molecular flexibility index (Phi) is 5.76. The van der Waals surface area contributed by atoms with Crippen molar-refractivity contribution >= 4 is 36.3 Å². The van der Waals surface area contributed by atoms with E-state index in [0.717, 1.165) is 25.1 Å². The zero-order chi connectivity index (χ0) is 15.7. The first-order valence-electron chi connectivity index (χ1n) is 9.11. The summed E-state index contributed by atoms with van der Waals surface area (Å²) in [6.07, 6.45) is 17.1. The Balaban J connectivity index is 0.00000169. The molecule has 4 rings (SSSR count). The molecule has 0 bridgehead atoms. The molecule has 24 heavy (non-hydrogen) atoms. The number of hydrogen-bond donors (Lipinski definition) is 1. The van der Waals surface area contributed by atoms with E-state index in [1.54, 1.807) is 0 Å². The smallest absolute Gasteiger partial charge is 0.224 e. The lowest BCUT2D eigenvalue weighted by Gasteiger charge is -2.39. The Morgan fingerprint density at radius 3 is 3.00 bits per heavy atom. The molecule has 1 saturated heterocycles. The molecular formula is C19H27ClN2OS. The number of halogens is 1. The van der Waals surface area contributed by atoms with Crippen LogP contribution in [0.1, 0.15) is 44.9 Å². The standard InChI is InChI=1S/C19H26N2OS.ClH/c22-18(21-12-14-6-2-1-3-7-14)15-13-23-19-10-5-4-8-17(19)20-11-9-16(15)19;/h4-5,8,11,14-16H,1-3,6-7,9-10,12-13H2,(H,21,22);1H. The molecule has 3 unspecified atom stereocenters. The van der Waals surface area contributed by atoms with Gasteiger partial charge < -0.3 is 5.32 Å². The topological polar surface area (TPSA) is 41.5 Å². The number of hydrogen-bond acceptors (Lipinski definition) is 3. The van der Waals surface area contributed by atoms with Gasteiger partial charge in [-0.1, -0.05) is 31.4 Å². The molecule has 1 spiro atoms. The van der Waals surface area contributed by atoms with Crippen LogP contribution >= 0.6 is 24.2 Å². The number of thioether (sulfide) groups is 1. The van der Waals surface area contributed by atoms with Gasteiger partial charge in [-0.3, -0.25) is 9.79 Å². The second-order valence-corrected chi connectivity index (χ2v) is 8.74. The number of nitrogens with zero attached hydrogens (tertiary/aromatic N) is 1. The van der Waals surface area contributed by atoms with Crippen molar-refractivity contribution in [2.75, 3.05) is 12.3 Å². The van der Waals surface area contributed by atoms with Gasteiger partial charge in [0.25, 0.3) is 0 Å². The van der Waals surface area contributed by atoms with Gasteiger partial charge in [-0.25, -0.2) is 0 Å². The lowest BCUT2D eigenvalue weighted by Crippen LogP contribution is -2.44. The highest BCUT2D eigenvalue weighted by atomic mass is 35.5. The molecule has 132 valence electrons. The van der Waals surface area contributed by atoms with E-state index in [0.29, 0.717) is 11.8 Å². The Morgan fingerprint density at radius 2 is 2.17 bits per heavy atom. The maximum atomic E-state index is 12.8. The summed E-state index contributed by atoms with van der Waals surface area (Å²) in [5, 5.41) is 3.29. The van der Waals surface area contributed by atoms with Gasteiger partial charge in [0.1, 0.15) is 0 Å². The van der Waals surface area contributed by atoms with Crippen LogP contribution in [0.25, 0.3) is 0 Å². The maximum absolute atomic E-state index is 12.8. The van der Waals surface area contributed by atoms with Gasteiger partial charge >= 0.3 is 0 Å². The molecule has 2 aliphatic carbocycles. The van der Waals surface area contributed by atoms with E-state index in [1.807, 2.05) is 18.0 Å². The van der Waals surface area contributed by atoms with Crippen molar-refractivity contribution in [2.45, 2.75) is 49.7 Å². The van der Waals surface area contributed by atoms with Crippen molar-refractivity contribution in [2.24, 2.45) is 22.7 Å². The molecular weight excluding hydrogens is 340 g/mol. The summed E-state index contributed by atoms with van der Waals surface area (Å²) in [7, 11) is 0. The van der Waals surface area contributed by atoms with E-state index in [9.17, 15) is 4.79 Å². The minimum Gasteiger partial charge on any atom is -0.356 e. The van der Waals surface area contributed by atoms with Crippen molar-refractivity contribution in [3.8, 4) is 0 Å². The monoisotopic (exact) mass is 366 g/mol. The molecule has 5 heteroatoms. The Hall–Kier alpha value is -0.740. The quantitative estimate of drug-likeness (QED) is 0.815. The molecule has 1 amide bonds. The summed E-state index contributed by atoms with van der Waals surface area (Å²) in [6.45, 7) is 0.885. The minimum absolute atomic E-state index is 0. The van der Waals surface area contributed by atoms with E-state index in [4.69, 9.17) is 0 Å². The van der Waals surface area contributed by atoms with Crippen molar-refractivity contribution < 1.29 is 4.79 Å². The molecule has 0 radical (unpaired) electrons. The molecule has 2 fully saturated rings. The normalized spacial score (nSPS) is 34.8. The zero-order valence-corrected chi connectivity index (χ0v) is 15.7. The van der Waals surface area contributed by atoms with E-state index in [2.05, 4.69) is 28.5 Å². The van der Waals surface area contributed by atoms with Crippen LogP contribution in [-0.4, -0.2) is 29.2 Å². The number of allylic oxidation sites excluding steroid dienone is 3. The first-order valence-corrected chi connectivity index (χ1v) is 10.1. The first-order chi connectivity index (χ1) is 11.3. The van der Waals surface area contributed by atoms with Crippen molar-refractivity contribution in [3.05, 3.63) is 23.9 Å². The average molecular weight is 367 g/mol. The summed E-state index contributed by atoms with van der Waals surface area (Å²) >= 11 is 1.96. The van der Waals surface area contributed by atoms with Crippen molar-refractivity contribution in [1.82, 2.24) is 5.32 Å². The van der Waals surface area contributed by atoms with Crippen LogP contribution in [0.3, 0.4) is 0 Å². The van der Waals surface area contributed by atoms with Crippen LogP contribution in [-0.2, 0) is 4.79 Å². The van der Waals surface area contributed by atoms with Gasteiger partial charge in [-0.05, 0) is 43.6 Å². The van der Waals surface area contributed by atoms with Gasteiger partial charge in [0.2, 0.25) is 5.91 Å². The summed E-state index contributed by atoms with van der Waals surface area (Å²) in [4.78, 5) is 17.4. The highest BCUT2D eigenvalue weighted by Gasteiger charge is 2.54. The fourth-order valence-corrected chi connectivity index (χ4v) is 6.52. The molecule has 2 aliphatic heterocycles. The summed E-state index contributed by atoms with van der Waals surface area (Å²) < 4.78 is 0.0658. The minimum atomic E-state index is 0. The first kappa shape index (κ1) is 18.1. The number of carbonyl (C=O) groups is 1. The molecule has 1 N–H and O–H groups in total. The zero-order valence-electron chi connectivity index (χ0n) is 14.1. The van der Waals surface area contributed by atoms with Crippen LogP contribution in [0.5, 0.6) is 0 Å². The Morgan fingerprint density at radius 1 is 1.33 bits per heavy atom. The molecule has 1 saturated carbocycles. The summed E-state index contributed by atoms with van der Waals surface area (Å²) in [5.41, 5.74) is 1.18. The number of aliphatic imine (C=N–C) groups is 1. The van der Waals surface area contributed by atoms with E-state index in [1.165, 1.54) is 37.8 Å². The molecule has 3 nitrogen and oxygen atoms in total. The third kappa shape index (κ3) is 3.20. The van der Waals surface area contributed by atoms with E-state index in [-0.39, 0.29) is 29.0 Å². The van der Waals surface area contributed by atoms with Gasteiger partial charge in [0.05, 0.1) is 16.4 Å². The van der Waals surface area contributed by atoms with Crippen LogP contribution < -0.4 is 5.32 Å². The number of rotatable bonds is 3. The molecule has 0 aromatic heterocycles. The summed E-state index contributed by atoms with van der Waals surface area (Å²) in [5.74, 6) is 2.49. The highest BCUT2D eigenvalue weighted by Crippen LogP contribution is 2.57. The number of amides is 1. The van der Waals surface area contributed by atoms with Gasteiger partial charge in [0.15, 0.2) is 0 Å². The largest absolute Gasteiger partial charge is 0.356 e. The third-order valence-corrected chi connectivity index (χ3v) is 7.79. The second-order valence-electron chi connectivity index (χ2n) is 7.39. The van der Waals surface area contributed by atoms with E-state index < -0.39 is 0 Å². The molecule has 0 aromatic rings. The van der Waals surface area contributed by atoms with Crippen LogP contribution in [0, 0.1) is 17.8 Å². The lowest BCUT2D eigenvalue weighted by molar-refractivity contribution is -0.126. The van der Waals surface area contributed by atoms with Gasteiger partial charge in [0, 0.05) is 18.5 Å². The van der Waals surface area contributed by atoms with Crippen molar-refractivity contribution in [3.63, 3.8) is 0 Å². The average Bonchev–Trinajstić information content (AvgIpc) is 2.98. The lowest BCUT2D eigenvalue weighted by atomic mass is 9.73. The fraction of sp³-hybridized carbons (Fsp3) is 0.684. The molecule has 3 atom stereocenters. The Bertz CT molecular complexity index is 568. The molecule has 2 heterocycles. The fourth-order valence-electron chi connectivity index (χ4n) is 4.71. The SMILES string of the molecule is Cl.O=C(NCC1CCCCC1)C1CSC23CC=CC=C2N=CCC13. The summed E-state index contributed by atoms with van der Waals surface area (Å²) in [6, 6.07) is 0. The van der Waals surface area contributed by atoms with E-state index >= 15 is 0 Å². The molecule has 0 aromatic carbocycles. The Labute approximate surface area is 155 Å². The predicted molar refractivity (Wildman–Crippen MR) is 104 cm³/mol.